The number of amides is 1. The molecule has 3 aromatic carbocycles. The molecule has 7 heteroatoms. The summed E-state index contributed by atoms with van der Waals surface area (Å²) in [7, 11) is 3.21. The Bertz CT molecular complexity index is 1510. The lowest BCUT2D eigenvalue weighted by atomic mass is 9.71. The normalized spacial score (nSPS) is 18.8. The number of hydrogen-bond donors (Lipinski definition) is 2. The number of ether oxygens (including phenoxy) is 2. The highest BCUT2D eigenvalue weighted by molar-refractivity contribution is 9.10. The van der Waals surface area contributed by atoms with Crippen molar-refractivity contribution in [3.8, 4) is 11.5 Å². The van der Waals surface area contributed by atoms with E-state index in [2.05, 4.69) is 26.6 Å². The number of aryl methyl sites for hydroxylation is 1. The molecule has 1 amide bonds. The van der Waals surface area contributed by atoms with Crippen LogP contribution in [-0.4, -0.2) is 25.9 Å². The predicted molar refractivity (Wildman–Crippen MR) is 156 cm³/mol. The summed E-state index contributed by atoms with van der Waals surface area (Å²) in [5.41, 5.74) is 6.53. The number of hydrogen-bond acceptors (Lipinski definition) is 5. The molecule has 2 aliphatic rings. The molecule has 0 aromatic heterocycles. The number of allylic oxidation sites excluding steroid dienone is 3. The number of nitrogens with one attached hydrogen (secondary N) is 2. The molecule has 1 aliphatic carbocycles. The minimum atomic E-state index is -0.483. The van der Waals surface area contributed by atoms with E-state index in [4.69, 9.17) is 9.47 Å². The lowest BCUT2D eigenvalue weighted by Crippen LogP contribution is -2.37. The van der Waals surface area contributed by atoms with E-state index in [1.165, 1.54) is 0 Å². The SMILES string of the molecule is COc1ccc([C@@H]2CC(=O)C3=C(C2)NC(C)=C(C(=O)Nc2ccc(C)cc2)[C@@H]3c2cccc(Br)c2)cc1OC. The summed E-state index contributed by atoms with van der Waals surface area (Å²) in [6, 6.07) is 21.3. The van der Waals surface area contributed by atoms with Crippen molar-refractivity contribution in [3.63, 3.8) is 0 Å². The Hall–Kier alpha value is -3.84. The molecule has 1 aliphatic heterocycles. The van der Waals surface area contributed by atoms with Crippen LogP contribution in [0.2, 0.25) is 0 Å². The van der Waals surface area contributed by atoms with Crippen molar-refractivity contribution in [2.75, 3.05) is 19.5 Å². The molecule has 0 bridgehead atoms. The number of ketones is 1. The summed E-state index contributed by atoms with van der Waals surface area (Å²) in [6.07, 6.45) is 0.984. The van der Waals surface area contributed by atoms with Crippen molar-refractivity contribution in [2.24, 2.45) is 0 Å². The van der Waals surface area contributed by atoms with Crippen LogP contribution in [0, 0.1) is 6.92 Å². The third kappa shape index (κ3) is 5.36. The second-order valence-corrected chi connectivity index (χ2v) is 10.9. The highest BCUT2D eigenvalue weighted by atomic mass is 79.9. The van der Waals surface area contributed by atoms with E-state index in [1.807, 2.05) is 80.6 Å². The Morgan fingerprint density at radius 1 is 0.923 bits per heavy atom. The van der Waals surface area contributed by atoms with Crippen molar-refractivity contribution in [2.45, 2.75) is 38.5 Å². The molecule has 0 radical (unpaired) electrons. The molecular formula is C32H31BrN2O4. The van der Waals surface area contributed by atoms with E-state index in [9.17, 15) is 9.59 Å². The van der Waals surface area contributed by atoms with E-state index in [0.717, 1.165) is 32.6 Å². The van der Waals surface area contributed by atoms with E-state index < -0.39 is 5.92 Å². The maximum absolute atomic E-state index is 13.9. The molecule has 5 rings (SSSR count). The number of benzene rings is 3. The largest absolute Gasteiger partial charge is 0.493 e. The van der Waals surface area contributed by atoms with Gasteiger partial charge in [0.1, 0.15) is 0 Å². The molecule has 2 atom stereocenters. The molecule has 0 saturated heterocycles. The molecule has 0 fully saturated rings. The van der Waals surface area contributed by atoms with Gasteiger partial charge in [0.05, 0.1) is 14.2 Å². The topological polar surface area (TPSA) is 76.7 Å². The first kappa shape index (κ1) is 26.8. The fourth-order valence-corrected chi connectivity index (χ4v) is 5.95. The van der Waals surface area contributed by atoms with Gasteiger partial charge in [-0.25, -0.2) is 0 Å². The molecule has 2 N–H and O–H groups in total. The summed E-state index contributed by atoms with van der Waals surface area (Å²) in [4.78, 5) is 27.7. The second-order valence-electron chi connectivity index (χ2n) is 10.0. The minimum absolute atomic E-state index is 0.0255. The zero-order chi connectivity index (χ0) is 27.7. The van der Waals surface area contributed by atoms with Gasteiger partial charge in [0.2, 0.25) is 0 Å². The zero-order valence-corrected chi connectivity index (χ0v) is 24.0. The summed E-state index contributed by atoms with van der Waals surface area (Å²) < 4.78 is 11.8. The van der Waals surface area contributed by atoms with Crippen LogP contribution in [0.5, 0.6) is 11.5 Å². The molecule has 6 nitrogen and oxygen atoms in total. The number of anilines is 1. The minimum Gasteiger partial charge on any atom is -0.493 e. The fraction of sp³-hybridized carbons (Fsp3) is 0.250. The number of carbonyl (C=O) groups excluding carboxylic acids is 2. The third-order valence-electron chi connectivity index (χ3n) is 7.44. The quantitative estimate of drug-likeness (QED) is 0.333. The molecule has 200 valence electrons. The molecule has 0 spiro atoms. The average molecular weight is 588 g/mol. The lowest BCUT2D eigenvalue weighted by Gasteiger charge is -2.37. The Balaban J connectivity index is 1.54. The fourth-order valence-electron chi connectivity index (χ4n) is 5.54. The van der Waals surface area contributed by atoms with Crippen molar-refractivity contribution >= 4 is 33.3 Å². The maximum Gasteiger partial charge on any atom is 0.254 e. The summed E-state index contributed by atoms with van der Waals surface area (Å²) in [6.45, 7) is 3.91. The molecule has 39 heavy (non-hydrogen) atoms. The molecular weight excluding hydrogens is 556 g/mol. The first-order chi connectivity index (χ1) is 18.8. The monoisotopic (exact) mass is 586 g/mol. The summed E-state index contributed by atoms with van der Waals surface area (Å²) in [5.74, 6) is 0.580. The maximum atomic E-state index is 13.9. The summed E-state index contributed by atoms with van der Waals surface area (Å²) in [5, 5.41) is 6.49. The lowest BCUT2D eigenvalue weighted by molar-refractivity contribution is -0.116. The summed E-state index contributed by atoms with van der Waals surface area (Å²) >= 11 is 3.57. The number of halogens is 1. The highest BCUT2D eigenvalue weighted by Gasteiger charge is 2.41. The first-order valence-electron chi connectivity index (χ1n) is 12.9. The van der Waals surface area contributed by atoms with Crippen molar-refractivity contribution in [1.29, 1.82) is 0 Å². The zero-order valence-electron chi connectivity index (χ0n) is 22.4. The van der Waals surface area contributed by atoms with Crippen LogP contribution in [0.3, 0.4) is 0 Å². The number of methoxy groups -OCH3 is 2. The van der Waals surface area contributed by atoms with E-state index in [0.29, 0.717) is 41.2 Å². The van der Waals surface area contributed by atoms with Gasteiger partial charge in [0.15, 0.2) is 17.3 Å². The van der Waals surface area contributed by atoms with E-state index in [1.54, 1.807) is 14.2 Å². The molecule has 0 saturated carbocycles. The average Bonchev–Trinajstić information content (AvgIpc) is 2.92. The number of dihydropyridines is 1. The standard InChI is InChI=1S/C32H31BrN2O4/c1-18-8-11-24(12-9-18)35-32(37)29-19(2)34-25-15-22(20-10-13-27(38-3)28(17-20)39-4)16-26(36)31(25)30(29)21-6-5-7-23(33)14-21/h5-14,17,22,30,34H,15-16H2,1-4H3,(H,35,37)/t22-,30-/m0/s1. The highest BCUT2D eigenvalue weighted by Crippen LogP contribution is 2.46. The molecule has 0 unspecified atom stereocenters. The van der Waals surface area contributed by atoms with Crippen LogP contribution in [0.25, 0.3) is 0 Å². The smallest absolute Gasteiger partial charge is 0.254 e. The van der Waals surface area contributed by atoms with Gasteiger partial charge in [-0.2, -0.15) is 0 Å². The van der Waals surface area contributed by atoms with Gasteiger partial charge in [-0.1, -0.05) is 51.8 Å². The van der Waals surface area contributed by atoms with Gasteiger partial charge in [-0.05, 0) is 73.7 Å². The van der Waals surface area contributed by atoms with Crippen LogP contribution in [0.4, 0.5) is 5.69 Å². The number of Topliss-reactive ketones (excluding diaryl/α,β-unsaturated/α-hetero) is 1. The Labute approximate surface area is 237 Å². The van der Waals surface area contributed by atoms with Gasteiger partial charge in [-0.3, -0.25) is 9.59 Å². The van der Waals surface area contributed by atoms with E-state index >= 15 is 0 Å². The van der Waals surface area contributed by atoms with Crippen LogP contribution >= 0.6 is 15.9 Å². The van der Waals surface area contributed by atoms with Crippen LogP contribution < -0.4 is 20.1 Å². The Morgan fingerprint density at radius 2 is 1.67 bits per heavy atom. The number of carbonyl (C=O) groups is 2. The van der Waals surface area contributed by atoms with Crippen LogP contribution in [-0.2, 0) is 9.59 Å². The Morgan fingerprint density at radius 3 is 2.36 bits per heavy atom. The first-order valence-corrected chi connectivity index (χ1v) is 13.7. The van der Waals surface area contributed by atoms with Gasteiger partial charge in [-0.15, -0.1) is 0 Å². The number of rotatable bonds is 6. The molecule has 1 heterocycles. The molecule has 3 aromatic rings. The Kier molecular flexibility index (Phi) is 7.62. The van der Waals surface area contributed by atoms with Crippen molar-refractivity contribution in [1.82, 2.24) is 5.32 Å². The van der Waals surface area contributed by atoms with Crippen molar-refractivity contribution in [3.05, 3.63) is 110 Å². The van der Waals surface area contributed by atoms with Gasteiger partial charge in [0, 0.05) is 45.0 Å². The third-order valence-corrected chi connectivity index (χ3v) is 7.94. The van der Waals surface area contributed by atoms with Crippen LogP contribution in [0.1, 0.15) is 48.3 Å². The second kappa shape index (κ2) is 11.1. The van der Waals surface area contributed by atoms with Gasteiger partial charge < -0.3 is 20.1 Å². The van der Waals surface area contributed by atoms with Crippen molar-refractivity contribution < 1.29 is 19.1 Å². The van der Waals surface area contributed by atoms with E-state index in [-0.39, 0.29) is 17.6 Å². The predicted octanol–water partition coefficient (Wildman–Crippen LogP) is 6.78. The van der Waals surface area contributed by atoms with Crippen LogP contribution in [0.15, 0.2) is 93.7 Å². The van der Waals surface area contributed by atoms with Gasteiger partial charge >= 0.3 is 0 Å². The van der Waals surface area contributed by atoms with Gasteiger partial charge in [0.25, 0.3) is 5.91 Å².